The van der Waals surface area contributed by atoms with E-state index in [4.69, 9.17) is 22.0 Å². The molecule has 0 amide bonds. The third-order valence-corrected chi connectivity index (χ3v) is 2.20. The molecule has 80 valence electrons. The van der Waals surface area contributed by atoms with Gasteiger partial charge in [0.1, 0.15) is 6.07 Å². The van der Waals surface area contributed by atoms with Gasteiger partial charge < -0.3 is 5.11 Å². The number of hydrogen-bond acceptors (Lipinski definition) is 3. The molecule has 1 aromatic rings. The Balaban J connectivity index is 3.46. The molecule has 1 heterocycles. The average Bonchev–Trinajstić information content (AvgIpc) is 2.26. The van der Waals surface area contributed by atoms with E-state index in [9.17, 15) is 8.78 Å². The summed E-state index contributed by atoms with van der Waals surface area (Å²) in [5, 5.41) is 17.5. The fourth-order valence-electron chi connectivity index (χ4n) is 1.23. The van der Waals surface area contributed by atoms with Crippen molar-refractivity contribution in [3.63, 3.8) is 0 Å². The van der Waals surface area contributed by atoms with Crippen LogP contribution >= 0.6 is 11.6 Å². The normalized spacial score (nSPS) is 10.4. The van der Waals surface area contributed by atoms with Gasteiger partial charge in [-0.15, -0.1) is 11.6 Å². The Labute approximate surface area is 89.9 Å². The van der Waals surface area contributed by atoms with E-state index >= 15 is 0 Å². The lowest BCUT2D eigenvalue weighted by Gasteiger charge is -2.11. The van der Waals surface area contributed by atoms with Gasteiger partial charge in [0.05, 0.1) is 17.9 Å². The summed E-state index contributed by atoms with van der Waals surface area (Å²) in [6.07, 6.45) is -1.67. The molecule has 1 aromatic heterocycles. The third kappa shape index (κ3) is 2.22. The van der Waals surface area contributed by atoms with E-state index in [1.54, 1.807) is 6.07 Å². The summed E-state index contributed by atoms with van der Waals surface area (Å²) in [7, 11) is 0. The molecule has 0 saturated carbocycles. The van der Waals surface area contributed by atoms with Gasteiger partial charge in [0.25, 0.3) is 6.43 Å². The van der Waals surface area contributed by atoms with Crippen LogP contribution in [0.5, 0.6) is 0 Å². The Morgan fingerprint density at radius 2 is 2.27 bits per heavy atom. The number of nitriles is 1. The fourth-order valence-corrected chi connectivity index (χ4v) is 1.52. The summed E-state index contributed by atoms with van der Waals surface area (Å²) in [5.74, 6) is -0.210. The van der Waals surface area contributed by atoms with Crippen LogP contribution in [-0.4, -0.2) is 10.1 Å². The predicted molar refractivity (Wildman–Crippen MR) is 49.4 cm³/mol. The van der Waals surface area contributed by atoms with Gasteiger partial charge in [0.15, 0.2) is 0 Å². The van der Waals surface area contributed by atoms with E-state index in [0.717, 1.165) is 6.20 Å². The largest absolute Gasteiger partial charge is 0.390 e. The van der Waals surface area contributed by atoms with Crippen LogP contribution in [0.4, 0.5) is 8.78 Å². The second-order valence-electron chi connectivity index (χ2n) is 2.72. The number of halogens is 3. The van der Waals surface area contributed by atoms with Crippen molar-refractivity contribution in [1.29, 1.82) is 5.26 Å². The van der Waals surface area contributed by atoms with Gasteiger partial charge in [0.2, 0.25) is 0 Å². The Kier molecular flexibility index (Phi) is 3.95. The van der Waals surface area contributed by atoms with Gasteiger partial charge in [-0.3, -0.25) is 4.98 Å². The molecule has 6 heteroatoms. The summed E-state index contributed by atoms with van der Waals surface area (Å²) in [6.45, 7) is -0.602. The molecule has 0 bridgehead atoms. The molecule has 0 spiro atoms. The topological polar surface area (TPSA) is 56.9 Å². The van der Waals surface area contributed by atoms with Gasteiger partial charge in [-0.05, 0) is 5.56 Å². The molecule has 0 aliphatic carbocycles. The summed E-state index contributed by atoms with van der Waals surface area (Å²) in [4.78, 5) is 3.59. The van der Waals surface area contributed by atoms with Crippen molar-refractivity contribution in [2.45, 2.75) is 18.9 Å². The first-order valence-corrected chi connectivity index (χ1v) is 4.54. The van der Waals surface area contributed by atoms with Crippen molar-refractivity contribution in [2.75, 3.05) is 0 Å². The van der Waals surface area contributed by atoms with E-state index in [1.807, 2.05) is 0 Å². The molecule has 0 fully saturated rings. The second-order valence-corrected chi connectivity index (χ2v) is 2.98. The van der Waals surface area contributed by atoms with Crippen LogP contribution in [-0.2, 0) is 12.5 Å². The Bertz CT molecular complexity index is 404. The highest BCUT2D eigenvalue weighted by atomic mass is 35.5. The zero-order chi connectivity index (χ0) is 11.4. The molecule has 15 heavy (non-hydrogen) atoms. The van der Waals surface area contributed by atoms with Gasteiger partial charge in [-0.2, -0.15) is 5.26 Å². The molecule has 3 nitrogen and oxygen atoms in total. The standard InChI is InChI=1S/C9H7ClF2N2O/c10-1-6-5(2-13)3-14-7(4-15)8(6)9(11)12/h3,9,15H,1,4H2. The SMILES string of the molecule is N#Cc1cnc(CO)c(C(F)F)c1CCl. The molecule has 0 aliphatic rings. The van der Waals surface area contributed by atoms with E-state index in [1.165, 1.54) is 0 Å². The van der Waals surface area contributed by atoms with Crippen LogP contribution in [0, 0.1) is 11.3 Å². The summed E-state index contributed by atoms with van der Waals surface area (Å²) >= 11 is 5.50. The van der Waals surface area contributed by atoms with Crippen LogP contribution in [0.3, 0.4) is 0 Å². The van der Waals surface area contributed by atoms with E-state index in [-0.39, 0.29) is 22.7 Å². The number of aliphatic hydroxyl groups excluding tert-OH is 1. The minimum atomic E-state index is -2.80. The van der Waals surface area contributed by atoms with Gasteiger partial charge in [-0.1, -0.05) is 0 Å². The molecule has 0 aromatic carbocycles. The maximum atomic E-state index is 12.7. The van der Waals surface area contributed by atoms with Crippen LogP contribution < -0.4 is 0 Å². The third-order valence-electron chi connectivity index (χ3n) is 1.93. The zero-order valence-electron chi connectivity index (χ0n) is 7.54. The summed E-state index contributed by atoms with van der Waals surface area (Å²) < 4.78 is 25.3. The first kappa shape index (κ1) is 11.8. The van der Waals surface area contributed by atoms with E-state index in [0.29, 0.717) is 0 Å². The van der Waals surface area contributed by atoms with E-state index in [2.05, 4.69) is 4.98 Å². The molecule has 0 aliphatic heterocycles. The number of aromatic nitrogens is 1. The van der Waals surface area contributed by atoms with Crippen molar-refractivity contribution >= 4 is 11.6 Å². The van der Waals surface area contributed by atoms with Crippen LogP contribution in [0.2, 0.25) is 0 Å². The molecule has 0 unspecified atom stereocenters. The maximum Gasteiger partial charge on any atom is 0.266 e. The molecule has 1 N–H and O–H groups in total. The van der Waals surface area contributed by atoms with Gasteiger partial charge >= 0.3 is 0 Å². The highest BCUT2D eigenvalue weighted by Gasteiger charge is 2.21. The fraction of sp³-hybridized carbons (Fsp3) is 0.333. The number of aliphatic hydroxyl groups is 1. The molecular weight excluding hydrogens is 226 g/mol. The Hall–Kier alpha value is -1.25. The number of hydrogen-bond donors (Lipinski definition) is 1. The zero-order valence-corrected chi connectivity index (χ0v) is 8.30. The number of nitrogens with zero attached hydrogens (tertiary/aromatic N) is 2. The second kappa shape index (κ2) is 5.01. The highest BCUT2D eigenvalue weighted by molar-refractivity contribution is 6.17. The van der Waals surface area contributed by atoms with Crippen LogP contribution in [0.1, 0.15) is 28.8 Å². The lowest BCUT2D eigenvalue weighted by Crippen LogP contribution is -2.05. The summed E-state index contributed by atoms with van der Waals surface area (Å²) in [5.41, 5.74) is -0.531. The van der Waals surface area contributed by atoms with Crippen molar-refractivity contribution in [2.24, 2.45) is 0 Å². The quantitative estimate of drug-likeness (QED) is 0.812. The monoisotopic (exact) mass is 232 g/mol. The number of alkyl halides is 3. The summed E-state index contributed by atoms with van der Waals surface area (Å²) in [6, 6.07) is 1.73. The minimum Gasteiger partial charge on any atom is -0.390 e. The lowest BCUT2D eigenvalue weighted by molar-refractivity contribution is 0.145. The molecule has 0 saturated heterocycles. The van der Waals surface area contributed by atoms with Crippen molar-refractivity contribution in [3.05, 3.63) is 28.6 Å². The minimum absolute atomic E-state index is 0.0116. The Morgan fingerprint density at radius 3 is 2.67 bits per heavy atom. The first-order valence-electron chi connectivity index (χ1n) is 4.01. The van der Waals surface area contributed by atoms with Crippen molar-refractivity contribution < 1.29 is 13.9 Å². The van der Waals surface area contributed by atoms with Gasteiger partial charge in [0, 0.05) is 17.6 Å². The van der Waals surface area contributed by atoms with Crippen molar-refractivity contribution in [3.8, 4) is 6.07 Å². The molecule has 0 radical (unpaired) electrons. The van der Waals surface area contributed by atoms with Crippen LogP contribution in [0.15, 0.2) is 6.20 Å². The molecular formula is C9H7ClF2N2O. The first-order chi connectivity index (χ1) is 7.15. The van der Waals surface area contributed by atoms with Gasteiger partial charge in [-0.25, -0.2) is 8.78 Å². The highest BCUT2D eigenvalue weighted by Crippen LogP contribution is 2.28. The number of rotatable bonds is 3. The van der Waals surface area contributed by atoms with E-state index < -0.39 is 18.6 Å². The Morgan fingerprint density at radius 1 is 1.60 bits per heavy atom. The molecule has 0 atom stereocenters. The lowest BCUT2D eigenvalue weighted by atomic mass is 10.0. The average molecular weight is 233 g/mol. The van der Waals surface area contributed by atoms with Crippen LogP contribution in [0.25, 0.3) is 0 Å². The molecule has 1 rings (SSSR count). The smallest absolute Gasteiger partial charge is 0.266 e. The maximum absolute atomic E-state index is 12.7. The van der Waals surface area contributed by atoms with Crippen molar-refractivity contribution in [1.82, 2.24) is 4.98 Å². The predicted octanol–water partition coefficient (Wildman–Crippen LogP) is 2.12. The number of pyridine rings is 1.